The van der Waals surface area contributed by atoms with Gasteiger partial charge in [-0.3, -0.25) is 14.4 Å². The first-order valence-electron chi connectivity index (χ1n) is 11.3. The molecule has 1 N–H and O–H groups in total. The molecule has 2 heterocycles. The highest BCUT2D eigenvalue weighted by Gasteiger charge is 2.34. The zero-order valence-electron chi connectivity index (χ0n) is 18.6. The van der Waals surface area contributed by atoms with E-state index >= 15 is 0 Å². The maximum Gasteiger partial charge on any atom is 0.226 e. The predicted octanol–water partition coefficient (Wildman–Crippen LogP) is 3.54. The normalized spacial score (nSPS) is 18.9. The van der Waals surface area contributed by atoms with Crippen molar-refractivity contribution in [3.05, 3.63) is 22.0 Å². The van der Waals surface area contributed by atoms with Gasteiger partial charge in [-0.1, -0.05) is 53.8 Å². The topological polar surface area (TPSA) is 118 Å². The smallest absolute Gasteiger partial charge is 0.226 e. The number of nitrogens with zero attached hydrogens (tertiary/aromatic N) is 4. The molecule has 0 radical (unpaired) electrons. The minimum atomic E-state index is -0.475. The highest BCUT2D eigenvalue weighted by Crippen LogP contribution is 2.33. The van der Waals surface area contributed by atoms with Crippen molar-refractivity contribution in [1.29, 1.82) is 0 Å². The summed E-state index contributed by atoms with van der Waals surface area (Å²) in [6, 6.07) is 0. The van der Waals surface area contributed by atoms with Crippen LogP contribution in [0, 0.1) is 18.8 Å². The number of aryl methyl sites for hydroxylation is 1. The van der Waals surface area contributed by atoms with Gasteiger partial charge < -0.3 is 10.2 Å². The van der Waals surface area contributed by atoms with Crippen molar-refractivity contribution < 1.29 is 19.0 Å². The Morgan fingerprint density at radius 2 is 1.97 bits per heavy atom. The molecular weight excluding hydrogens is 430 g/mol. The van der Waals surface area contributed by atoms with Crippen LogP contribution in [0.5, 0.6) is 0 Å². The summed E-state index contributed by atoms with van der Waals surface area (Å²) >= 11 is 1.21. The number of nitrogens with one attached hydrogen (secondary N) is 1. The number of carbonyl (C=O) groups excluding carboxylic acids is 3. The number of ketones is 1. The van der Waals surface area contributed by atoms with Crippen LogP contribution in [0.3, 0.4) is 0 Å². The van der Waals surface area contributed by atoms with Gasteiger partial charge in [0.15, 0.2) is 10.9 Å². The summed E-state index contributed by atoms with van der Waals surface area (Å²) in [5.41, 5.74) is 1.82. The standard InChI is InChI=1S/C22H29N5O4S/c1-13-17(26-31-25-13)12-27(2)21(30)15-10-16-20(18(28)11-15)32-22(23-16)24-19(29)9-8-14-6-4-3-5-7-14/h14-15H,3-12H2,1-2H3,(H,23,24,29)/t15-/m1/s1. The first-order valence-corrected chi connectivity index (χ1v) is 12.1. The molecule has 0 aliphatic heterocycles. The Morgan fingerprint density at radius 3 is 2.69 bits per heavy atom. The summed E-state index contributed by atoms with van der Waals surface area (Å²) in [6.45, 7) is 2.03. The lowest BCUT2D eigenvalue weighted by Gasteiger charge is -2.24. The van der Waals surface area contributed by atoms with Gasteiger partial charge in [0.25, 0.3) is 0 Å². The maximum atomic E-state index is 12.9. The summed E-state index contributed by atoms with van der Waals surface area (Å²) < 4.78 is 4.69. The molecule has 2 aliphatic carbocycles. The summed E-state index contributed by atoms with van der Waals surface area (Å²) in [6.07, 6.45) is 8.16. The molecule has 1 fully saturated rings. The van der Waals surface area contributed by atoms with Gasteiger partial charge in [-0.05, 0) is 19.3 Å². The fourth-order valence-electron chi connectivity index (χ4n) is 4.56. The Hall–Kier alpha value is -2.62. The first kappa shape index (κ1) is 22.6. The SMILES string of the molecule is Cc1nonc1CN(C)C(=O)[C@H]1CC(=O)c2sc(NC(=O)CCC3CCCCC3)nc2C1. The van der Waals surface area contributed by atoms with Crippen LogP contribution in [0.2, 0.25) is 0 Å². The van der Waals surface area contributed by atoms with Crippen molar-refractivity contribution in [2.75, 3.05) is 12.4 Å². The van der Waals surface area contributed by atoms with E-state index in [1.807, 2.05) is 0 Å². The van der Waals surface area contributed by atoms with Crippen LogP contribution in [0.1, 0.15) is 78.1 Å². The van der Waals surface area contributed by atoms with Crippen LogP contribution in [0.4, 0.5) is 5.13 Å². The number of amides is 2. The van der Waals surface area contributed by atoms with Crippen LogP contribution in [0.15, 0.2) is 4.63 Å². The molecule has 2 aromatic heterocycles. The molecule has 0 aromatic carbocycles. The second-order valence-corrected chi connectivity index (χ2v) is 9.90. The van der Waals surface area contributed by atoms with Gasteiger partial charge in [-0.2, -0.15) is 0 Å². The average Bonchev–Trinajstić information content (AvgIpc) is 3.38. The van der Waals surface area contributed by atoms with Crippen molar-refractivity contribution in [2.24, 2.45) is 11.8 Å². The van der Waals surface area contributed by atoms with Crippen LogP contribution in [-0.2, 0) is 22.6 Å². The van der Waals surface area contributed by atoms with E-state index in [-0.39, 0.29) is 30.6 Å². The van der Waals surface area contributed by atoms with Gasteiger partial charge in [0.2, 0.25) is 11.8 Å². The zero-order valence-corrected chi connectivity index (χ0v) is 19.4. The van der Waals surface area contributed by atoms with Crippen molar-refractivity contribution in [3.63, 3.8) is 0 Å². The Kier molecular flexibility index (Phi) is 6.98. The lowest BCUT2D eigenvalue weighted by atomic mass is 9.86. The molecule has 0 saturated heterocycles. The van der Waals surface area contributed by atoms with E-state index in [1.165, 1.54) is 48.3 Å². The van der Waals surface area contributed by atoms with Crippen molar-refractivity contribution in [2.45, 2.75) is 71.3 Å². The highest BCUT2D eigenvalue weighted by molar-refractivity contribution is 7.17. The number of rotatable bonds is 7. The second kappa shape index (κ2) is 9.89. The van der Waals surface area contributed by atoms with Gasteiger partial charge in [0.1, 0.15) is 11.4 Å². The number of Topliss-reactive ketones (excluding diaryl/α,β-unsaturated/α-hetero) is 1. The summed E-state index contributed by atoms with van der Waals surface area (Å²) in [5.74, 6) is -0.133. The lowest BCUT2D eigenvalue weighted by molar-refractivity contribution is -0.134. The quantitative estimate of drug-likeness (QED) is 0.673. The third-order valence-electron chi connectivity index (χ3n) is 6.43. The zero-order chi connectivity index (χ0) is 22.7. The molecule has 9 nitrogen and oxygen atoms in total. The third kappa shape index (κ3) is 5.23. The van der Waals surface area contributed by atoms with Crippen LogP contribution in [-0.4, -0.2) is 44.8 Å². The van der Waals surface area contributed by atoms with E-state index in [0.717, 1.165) is 6.42 Å². The molecule has 1 atom stereocenters. The number of fused-ring (bicyclic) bond motifs is 1. The monoisotopic (exact) mass is 459 g/mol. The van der Waals surface area contributed by atoms with Gasteiger partial charge in [0, 0.05) is 26.3 Å². The molecule has 0 bridgehead atoms. The van der Waals surface area contributed by atoms with E-state index in [2.05, 4.69) is 25.2 Å². The molecule has 4 rings (SSSR count). The van der Waals surface area contributed by atoms with Crippen LogP contribution >= 0.6 is 11.3 Å². The number of hydrogen-bond acceptors (Lipinski definition) is 8. The molecule has 10 heteroatoms. The van der Waals surface area contributed by atoms with E-state index in [4.69, 9.17) is 0 Å². The molecular formula is C22H29N5O4S. The third-order valence-corrected chi connectivity index (χ3v) is 7.49. The first-order chi connectivity index (χ1) is 15.4. The fraction of sp³-hybridized carbons (Fsp3) is 0.636. The molecule has 2 aromatic rings. The van der Waals surface area contributed by atoms with E-state index < -0.39 is 5.92 Å². The molecule has 172 valence electrons. The largest absolute Gasteiger partial charge is 0.339 e. The van der Waals surface area contributed by atoms with Crippen LogP contribution < -0.4 is 5.32 Å². The number of aromatic nitrogens is 3. The maximum absolute atomic E-state index is 12.9. The molecule has 2 amide bonds. The number of hydrogen-bond donors (Lipinski definition) is 1. The lowest BCUT2D eigenvalue weighted by Crippen LogP contribution is -2.37. The number of anilines is 1. The summed E-state index contributed by atoms with van der Waals surface area (Å²) in [4.78, 5) is 44.5. The van der Waals surface area contributed by atoms with Crippen molar-refractivity contribution in [3.8, 4) is 0 Å². The predicted molar refractivity (Wildman–Crippen MR) is 118 cm³/mol. The molecule has 32 heavy (non-hydrogen) atoms. The Bertz CT molecular complexity index is 994. The van der Waals surface area contributed by atoms with E-state index in [9.17, 15) is 14.4 Å². The van der Waals surface area contributed by atoms with Crippen molar-refractivity contribution >= 4 is 34.1 Å². The molecule has 0 unspecified atom stereocenters. The summed E-state index contributed by atoms with van der Waals surface area (Å²) in [7, 11) is 1.68. The Labute approximate surface area is 190 Å². The fourth-order valence-corrected chi connectivity index (χ4v) is 5.52. The number of carbonyl (C=O) groups is 3. The minimum absolute atomic E-state index is 0.0573. The minimum Gasteiger partial charge on any atom is -0.339 e. The van der Waals surface area contributed by atoms with Gasteiger partial charge in [-0.15, -0.1) is 0 Å². The van der Waals surface area contributed by atoms with E-state index in [1.54, 1.807) is 14.0 Å². The Balaban J connectivity index is 1.34. The van der Waals surface area contributed by atoms with Gasteiger partial charge in [0.05, 0.1) is 23.0 Å². The molecule has 1 saturated carbocycles. The van der Waals surface area contributed by atoms with Crippen LogP contribution in [0.25, 0.3) is 0 Å². The molecule has 0 spiro atoms. The molecule has 2 aliphatic rings. The van der Waals surface area contributed by atoms with Gasteiger partial charge >= 0.3 is 0 Å². The number of thiazole rings is 1. The highest BCUT2D eigenvalue weighted by atomic mass is 32.1. The average molecular weight is 460 g/mol. The van der Waals surface area contributed by atoms with E-state index in [0.29, 0.717) is 45.9 Å². The Morgan fingerprint density at radius 1 is 1.19 bits per heavy atom. The van der Waals surface area contributed by atoms with Crippen molar-refractivity contribution in [1.82, 2.24) is 20.2 Å². The second-order valence-electron chi connectivity index (χ2n) is 8.90. The van der Waals surface area contributed by atoms with Gasteiger partial charge in [-0.25, -0.2) is 9.61 Å². The summed E-state index contributed by atoms with van der Waals surface area (Å²) in [5, 5.41) is 10.8.